The molecule has 2 N–H and O–H groups in total. The second-order valence-electron chi connectivity index (χ2n) is 8.26. The number of fused-ring (bicyclic) bond motifs is 3. The Bertz CT molecular complexity index is 1060. The first-order valence-corrected chi connectivity index (χ1v) is 10.8. The Morgan fingerprint density at radius 2 is 1.90 bits per heavy atom. The van der Waals surface area contributed by atoms with E-state index in [0.29, 0.717) is 12.4 Å². The van der Waals surface area contributed by atoms with Crippen molar-refractivity contribution in [3.05, 3.63) is 49.1 Å². The van der Waals surface area contributed by atoms with Crippen molar-refractivity contribution in [3.8, 4) is 11.3 Å². The van der Waals surface area contributed by atoms with Crippen LogP contribution in [0.25, 0.3) is 22.0 Å². The van der Waals surface area contributed by atoms with Gasteiger partial charge in [0.1, 0.15) is 12.5 Å². The Kier molecular flexibility index (Phi) is 5.46. The maximum atomic E-state index is 13.0. The van der Waals surface area contributed by atoms with Crippen LogP contribution in [0.15, 0.2) is 49.1 Å². The number of piperidine rings is 1. The Morgan fingerprint density at radius 1 is 1.06 bits per heavy atom. The van der Waals surface area contributed by atoms with Gasteiger partial charge in [-0.05, 0) is 43.2 Å². The van der Waals surface area contributed by atoms with E-state index < -0.39 is 0 Å². The lowest BCUT2D eigenvalue weighted by molar-refractivity contribution is 0.141. The number of alkyl halides is 1. The summed E-state index contributed by atoms with van der Waals surface area (Å²) in [6, 6.07) is 8.48. The second-order valence-corrected chi connectivity index (χ2v) is 8.26. The zero-order valence-corrected chi connectivity index (χ0v) is 17.2. The van der Waals surface area contributed by atoms with Crippen LogP contribution in [0.2, 0.25) is 0 Å². The summed E-state index contributed by atoms with van der Waals surface area (Å²) in [5.74, 6) is 0.533. The standard InChI is InChI=1S/C23H25FN6O/c24-5-6-26-18-11-19-3-4-20(12-18)30(19)23(31)29-22-10-17-9-15(1-2-16(17)13-28-22)21-14-25-7-8-27-21/h1-2,7-10,13-14,18-20,26H,3-6,11-12H2,(H,28,29,31)/t18-,19+,20?/m1/s1. The number of amides is 2. The minimum Gasteiger partial charge on any atom is -0.318 e. The predicted octanol–water partition coefficient (Wildman–Crippen LogP) is 3.78. The van der Waals surface area contributed by atoms with E-state index in [-0.39, 0.29) is 30.8 Å². The maximum absolute atomic E-state index is 13.0. The average molecular weight is 420 g/mol. The molecule has 0 saturated carbocycles. The lowest BCUT2D eigenvalue weighted by atomic mass is 9.97. The van der Waals surface area contributed by atoms with Crippen LogP contribution in [0.4, 0.5) is 15.0 Å². The normalized spacial score (nSPS) is 22.6. The van der Waals surface area contributed by atoms with Gasteiger partial charge in [0, 0.05) is 54.2 Å². The first-order valence-electron chi connectivity index (χ1n) is 10.8. The molecule has 2 saturated heterocycles. The van der Waals surface area contributed by atoms with Crippen LogP contribution in [-0.2, 0) is 0 Å². The van der Waals surface area contributed by atoms with Gasteiger partial charge in [0.05, 0.1) is 11.9 Å². The van der Waals surface area contributed by atoms with Crippen molar-refractivity contribution < 1.29 is 9.18 Å². The number of pyridine rings is 1. The summed E-state index contributed by atoms with van der Waals surface area (Å²) >= 11 is 0. The highest BCUT2D eigenvalue weighted by molar-refractivity contribution is 5.93. The van der Waals surface area contributed by atoms with E-state index >= 15 is 0 Å². The zero-order chi connectivity index (χ0) is 21.2. The Hall–Kier alpha value is -3.13. The van der Waals surface area contributed by atoms with Gasteiger partial charge in [-0.15, -0.1) is 0 Å². The molecule has 3 atom stereocenters. The van der Waals surface area contributed by atoms with Crippen LogP contribution in [0, 0.1) is 0 Å². The van der Waals surface area contributed by atoms with Crippen LogP contribution in [0.5, 0.6) is 0 Å². The molecule has 2 aliphatic heterocycles. The van der Waals surface area contributed by atoms with Gasteiger partial charge >= 0.3 is 6.03 Å². The molecular weight excluding hydrogens is 395 g/mol. The topological polar surface area (TPSA) is 83.0 Å². The molecule has 7 nitrogen and oxygen atoms in total. The summed E-state index contributed by atoms with van der Waals surface area (Å²) in [6.45, 7) is 0.0239. The van der Waals surface area contributed by atoms with Crippen LogP contribution < -0.4 is 10.6 Å². The quantitative estimate of drug-likeness (QED) is 0.656. The number of aromatic nitrogens is 3. The molecule has 5 rings (SSSR count). The highest BCUT2D eigenvalue weighted by atomic mass is 19.1. The Balaban J connectivity index is 1.32. The number of hydrogen-bond donors (Lipinski definition) is 2. The molecule has 4 heterocycles. The summed E-state index contributed by atoms with van der Waals surface area (Å²) in [5, 5.41) is 8.22. The van der Waals surface area contributed by atoms with Crippen LogP contribution in [0.1, 0.15) is 25.7 Å². The summed E-state index contributed by atoms with van der Waals surface area (Å²) in [4.78, 5) is 27.9. The number of nitrogens with zero attached hydrogens (tertiary/aromatic N) is 4. The van der Waals surface area contributed by atoms with Gasteiger partial charge in [-0.2, -0.15) is 0 Å². The first-order chi connectivity index (χ1) is 15.2. The van der Waals surface area contributed by atoms with E-state index in [0.717, 1.165) is 47.7 Å². The molecule has 160 valence electrons. The minimum atomic E-state index is -0.359. The van der Waals surface area contributed by atoms with Crippen LogP contribution >= 0.6 is 0 Å². The summed E-state index contributed by atoms with van der Waals surface area (Å²) in [7, 11) is 0. The van der Waals surface area contributed by atoms with Crippen molar-refractivity contribution in [1.82, 2.24) is 25.2 Å². The van der Waals surface area contributed by atoms with E-state index in [1.54, 1.807) is 24.8 Å². The summed E-state index contributed by atoms with van der Waals surface area (Å²) in [5.41, 5.74) is 1.76. The highest BCUT2D eigenvalue weighted by Gasteiger charge is 2.43. The first kappa shape index (κ1) is 19.8. The number of carbonyl (C=O) groups excluding carboxylic acids is 1. The number of hydrogen-bond acceptors (Lipinski definition) is 5. The minimum absolute atomic E-state index is 0.103. The zero-order valence-electron chi connectivity index (χ0n) is 17.2. The summed E-state index contributed by atoms with van der Waals surface area (Å²) in [6.07, 6.45) is 10.6. The largest absolute Gasteiger partial charge is 0.323 e. The van der Waals surface area contributed by atoms with Gasteiger partial charge in [-0.25, -0.2) is 14.2 Å². The molecular formula is C23H25FN6O. The molecule has 2 bridgehead atoms. The van der Waals surface area contributed by atoms with Gasteiger partial charge in [0.25, 0.3) is 0 Å². The second kappa shape index (κ2) is 8.55. The fourth-order valence-corrected chi connectivity index (χ4v) is 4.92. The van der Waals surface area contributed by atoms with Crippen LogP contribution in [0.3, 0.4) is 0 Å². The van der Waals surface area contributed by atoms with Crippen molar-refractivity contribution in [3.63, 3.8) is 0 Å². The van der Waals surface area contributed by atoms with Crippen molar-refractivity contribution in [1.29, 1.82) is 0 Å². The summed E-state index contributed by atoms with van der Waals surface area (Å²) < 4.78 is 12.5. The molecule has 2 aliphatic rings. The highest BCUT2D eigenvalue weighted by Crippen LogP contribution is 2.36. The number of carbonyl (C=O) groups is 1. The molecule has 8 heteroatoms. The van der Waals surface area contributed by atoms with Gasteiger partial charge < -0.3 is 10.2 Å². The third-order valence-corrected chi connectivity index (χ3v) is 6.31. The van der Waals surface area contributed by atoms with Crippen molar-refractivity contribution >= 4 is 22.6 Å². The fraction of sp³-hybridized carbons (Fsp3) is 0.391. The van der Waals surface area contributed by atoms with Gasteiger partial charge in [0.2, 0.25) is 0 Å². The van der Waals surface area contributed by atoms with Crippen LogP contribution in [-0.4, -0.2) is 57.2 Å². The molecule has 0 spiro atoms. The average Bonchev–Trinajstić information content (AvgIpc) is 3.08. The monoisotopic (exact) mass is 420 g/mol. The number of rotatable bonds is 5. The van der Waals surface area contributed by atoms with E-state index in [1.165, 1.54) is 0 Å². The number of urea groups is 1. The fourth-order valence-electron chi connectivity index (χ4n) is 4.92. The predicted molar refractivity (Wildman–Crippen MR) is 117 cm³/mol. The van der Waals surface area contributed by atoms with Crippen molar-refractivity contribution in [2.24, 2.45) is 0 Å². The molecule has 2 amide bonds. The maximum Gasteiger partial charge on any atom is 0.323 e. The molecule has 2 fully saturated rings. The number of benzene rings is 1. The van der Waals surface area contributed by atoms with Crippen molar-refractivity contribution in [2.45, 2.75) is 43.8 Å². The van der Waals surface area contributed by atoms with Gasteiger partial charge in [-0.3, -0.25) is 15.3 Å². The van der Waals surface area contributed by atoms with Gasteiger partial charge in [0.15, 0.2) is 0 Å². The molecule has 31 heavy (non-hydrogen) atoms. The van der Waals surface area contributed by atoms with E-state index in [2.05, 4.69) is 25.6 Å². The molecule has 2 aromatic heterocycles. The lowest BCUT2D eigenvalue weighted by Crippen LogP contribution is -2.53. The molecule has 1 unspecified atom stereocenters. The molecule has 3 aromatic rings. The molecule has 0 radical (unpaired) electrons. The Morgan fingerprint density at radius 3 is 2.65 bits per heavy atom. The smallest absolute Gasteiger partial charge is 0.318 e. The lowest BCUT2D eigenvalue weighted by Gasteiger charge is -2.39. The SMILES string of the molecule is O=C(Nc1cc2cc(-c3cnccn3)ccc2cn1)N1C2CC[C@H]1C[C@@H](NCCF)C2. The van der Waals surface area contributed by atoms with Gasteiger partial charge in [-0.1, -0.05) is 12.1 Å². The number of anilines is 1. The molecule has 1 aromatic carbocycles. The van der Waals surface area contributed by atoms with E-state index in [4.69, 9.17) is 0 Å². The van der Waals surface area contributed by atoms with Crippen molar-refractivity contribution in [2.75, 3.05) is 18.5 Å². The third kappa shape index (κ3) is 4.07. The molecule has 0 aliphatic carbocycles. The van der Waals surface area contributed by atoms with E-state index in [9.17, 15) is 9.18 Å². The third-order valence-electron chi connectivity index (χ3n) is 6.31. The number of nitrogens with one attached hydrogen (secondary N) is 2. The Labute approximate surface area is 180 Å². The number of halogens is 1. The van der Waals surface area contributed by atoms with E-state index in [1.807, 2.05) is 29.2 Å².